The molecule has 22 heteroatoms. The minimum atomic E-state index is -1.51. The van der Waals surface area contributed by atoms with Crippen molar-refractivity contribution in [3.63, 3.8) is 0 Å². The van der Waals surface area contributed by atoms with Crippen LogP contribution in [0.2, 0.25) is 0 Å². The summed E-state index contributed by atoms with van der Waals surface area (Å²) >= 11 is 2.16. The molecule has 10 rings (SSSR count). The third-order valence-electron chi connectivity index (χ3n) is 13.6. The van der Waals surface area contributed by atoms with Crippen molar-refractivity contribution < 1.29 is 28.4 Å². The standard InChI is InChI=1S/C24H28FN7O.C18H24IN7O.C6H6BFO2/c1-30(18-4-2-5-18)12-3-6-20(33)31-13-11-19(14-31)32-24-21(23(26)27-15-28-24)22(29-32)16-7-9-17(25)10-8-16;1-24(12-4-2-5-12)8-3-6-14(27)25-9-7-13(10-25)26-18-15(16(19)23-26)17(20)21-11-22-18;8-6-3-1-5(2-4-6)7(9)10/h3,6-10,15,18-19H,2,4-5,11-14H2,1H3,(H2,26,27,28);3,6,11-13H,2,4-5,7-10H2,1H3,(H2,20,21,22);1-4,9-10H/b2*6-3+;/t19-;13-;/m11./s1. The quantitative estimate of drug-likeness (QED) is 0.0760. The summed E-state index contributed by atoms with van der Waals surface area (Å²) in [7, 11) is 2.72. The van der Waals surface area contributed by atoms with Gasteiger partial charge in [0.05, 0.1) is 22.9 Å². The molecule has 2 atom stereocenters. The Labute approximate surface area is 418 Å². The number of nitrogens with two attached hydrogens (primary N) is 2. The van der Waals surface area contributed by atoms with E-state index in [0.717, 1.165) is 52.8 Å². The monoisotopic (exact) mass is 1070 g/mol. The molecule has 6 heterocycles. The third-order valence-corrected chi connectivity index (χ3v) is 14.4. The van der Waals surface area contributed by atoms with E-state index in [1.807, 2.05) is 31.3 Å². The molecule has 2 saturated heterocycles. The van der Waals surface area contributed by atoms with Crippen molar-refractivity contribution in [2.75, 3.05) is 64.8 Å². The zero-order valence-electron chi connectivity index (χ0n) is 39.2. The molecule has 368 valence electrons. The van der Waals surface area contributed by atoms with E-state index >= 15 is 0 Å². The Hall–Kier alpha value is -5.95. The molecule has 70 heavy (non-hydrogen) atoms. The van der Waals surface area contributed by atoms with E-state index in [0.29, 0.717) is 65.5 Å². The van der Waals surface area contributed by atoms with Gasteiger partial charge in [-0.1, -0.05) is 37.1 Å². The molecule has 0 unspecified atom stereocenters. The molecule has 0 bridgehead atoms. The van der Waals surface area contributed by atoms with E-state index in [2.05, 4.69) is 71.5 Å². The lowest BCUT2D eigenvalue weighted by molar-refractivity contribution is -0.125. The number of benzene rings is 2. The number of likely N-dealkylation sites (N-methyl/N-ethyl adjacent to an activating group) is 2. The van der Waals surface area contributed by atoms with E-state index in [4.69, 9.17) is 26.6 Å². The minimum Gasteiger partial charge on any atom is -0.423 e. The number of amides is 2. The van der Waals surface area contributed by atoms with Gasteiger partial charge in [0, 0.05) is 69.1 Å². The number of nitrogens with zero attached hydrogens (tertiary/aromatic N) is 12. The molecule has 2 aliphatic carbocycles. The molecule has 4 fully saturated rings. The van der Waals surface area contributed by atoms with Crippen LogP contribution in [0.25, 0.3) is 33.3 Å². The molecule has 2 aromatic carbocycles. The van der Waals surface area contributed by atoms with Gasteiger partial charge in [-0.2, -0.15) is 10.2 Å². The summed E-state index contributed by atoms with van der Waals surface area (Å²) in [6.07, 6.45) is 19.5. The summed E-state index contributed by atoms with van der Waals surface area (Å²) in [5.74, 6) is 0.159. The molecular formula is C48H58BF2IN14O4. The van der Waals surface area contributed by atoms with Crippen LogP contribution in [0.3, 0.4) is 0 Å². The highest BCUT2D eigenvalue weighted by Crippen LogP contribution is 2.34. The van der Waals surface area contributed by atoms with Crippen LogP contribution in [0, 0.1) is 15.3 Å². The summed E-state index contributed by atoms with van der Waals surface area (Å²) < 4.78 is 30.2. The average Bonchev–Trinajstić information content (AvgIpc) is 4.13. The van der Waals surface area contributed by atoms with Gasteiger partial charge in [-0.25, -0.2) is 38.1 Å². The Morgan fingerprint density at radius 3 is 1.63 bits per heavy atom. The Morgan fingerprint density at radius 1 is 0.700 bits per heavy atom. The van der Waals surface area contributed by atoms with Gasteiger partial charge in [0.15, 0.2) is 11.3 Å². The zero-order valence-corrected chi connectivity index (χ0v) is 41.4. The number of hydrogen-bond donors (Lipinski definition) is 4. The molecule has 6 N–H and O–H groups in total. The van der Waals surface area contributed by atoms with Gasteiger partial charge in [0.2, 0.25) is 11.8 Å². The van der Waals surface area contributed by atoms with Gasteiger partial charge in [-0.3, -0.25) is 19.4 Å². The number of hydrogen-bond acceptors (Lipinski definition) is 14. The lowest BCUT2D eigenvalue weighted by Gasteiger charge is -2.33. The van der Waals surface area contributed by atoms with Crippen molar-refractivity contribution in [2.24, 2.45) is 0 Å². The number of nitrogen functional groups attached to an aromatic ring is 2. The summed E-state index contributed by atoms with van der Waals surface area (Å²) in [6.45, 7) is 4.18. The molecule has 2 amide bonds. The summed E-state index contributed by atoms with van der Waals surface area (Å²) in [5, 5.41) is 27.9. The van der Waals surface area contributed by atoms with Gasteiger partial charge in [0.25, 0.3) is 0 Å². The Morgan fingerprint density at radius 2 is 1.16 bits per heavy atom. The maximum absolute atomic E-state index is 13.4. The van der Waals surface area contributed by atoms with Gasteiger partial charge in [-0.15, -0.1) is 0 Å². The van der Waals surface area contributed by atoms with Crippen molar-refractivity contribution >= 4 is 80.7 Å². The number of carbonyl (C=O) groups excluding carboxylic acids is 2. The Balaban J connectivity index is 0.000000160. The van der Waals surface area contributed by atoms with Crippen LogP contribution in [0.4, 0.5) is 20.4 Å². The van der Waals surface area contributed by atoms with Crippen LogP contribution in [0.5, 0.6) is 0 Å². The van der Waals surface area contributed by atoms with Crippen LogP contribution >= 0.6 is 22.6 Å². The highest BCUT2D eigenvalue weighted by atomic mass is 127. The Kier molecular flexibility index (Phi) is 16.5. The fourth-order valence-corrected chi connectivity index (χ4v) is 9.74. The molecule has 4 aromatic heterocycles. The van der Waals surface area contributed by atoms with Crippen molar-refractivity contribution in [1.29, 1.82) is 0 Å². The number of rotatable bonds is 12. The van der Waals surface area contributed by atoms with Crippen molar-refractivity contribution in [3.8, 4) is 11.3 Å². The minimum absolute atomic E-state index is 0.0175. The Bertz CT molecular complexity index is 2820. The number of anilines is 2. The molecule has 2 aliphatic heterocycles. The largest absolute Gasteiger partial charge is 0.488 e. The maximum Gasteiger partial charge on any atom is 0.488 e. The highest BCUT2D eigenvalue weighted by Gasteiger charge is 2.32. The lowest BCUT2D eigenvalue weighted by atomic mass is 9.80. The number of carbonyl (C=O) groups is 2. The predicted octanol–water partition coefficient (Wildman–Crippen LogP) is 4.36. The molecule has 18 nitrogen and oxygen atoms in total. The summed E-state index contributed by atoms with van der Waals surface area (Å²) in [6, 6.07) is 12.5. The molecule has 6 aromatic rings. The van der Waals surface area contributed by atoms with Crippen LogP contribution < -0.4 is 16.9 Å². The van der Waals surface area contributed by atoms with Crippen molar-refractivity contribution in [3.05, 3.63) is 101 Å². The van der Waals surface area contributed by atoms with Gasteiger partial charge >= 0.3 is 7.12 Å². The van der Waals surface area contributed by atoms with E-state index < -0.39 is 7.12 Å². The van der Waals surface area contributed by atoms with Crippen molar-refractivity contribution in [2.45, 2.75) is 75.5 Å². The number of fused-ring (bicyclic) bond motifs is 2. The number of halogens is 3. The first-order chi connectivity index (χ1) is 33.7. The number of likely N-dealkylation sites (tertiary alicyclic amines) is 2. The van der Waals surface area contributed by atoms with Crippen LogP contribution in [0.1, 0.15) is 63.5 Å². The SMILES string of the molecule is CN(C/C=C/C(=O)N1CC[C@@H](n2nc(-c3ccc(F)cc3)c3c(N)ncnc32)C1)C1CCC1.CN(C/C=C/C(=O)N1CC[C@@H](n2nc(I)c3c(N)ncnc32)C1)C1CCC1.OB(O)c1ccc(F)cc1. The molecular weight excluding hydrogens is 1010 g/mol. The maximum atomic E-state index is 13.4. The zero-order chi connectivity index (χ0) is 49.5. The highest BCUT2D eigenvalue weighted by molar-refractivity contribution is 14.1. The molecule has 4 aliphatic rings. The fraction of sp³-hybridized carbons (Fsp3) is 0.417. The molecule has 0 spiro atoms. The third kappa shape index (κ3) is 11.8. The smallest absolute Gasteiger partial charge is 0.423 e. The van der Waals surface area contributed by atoms with Crippen LogP contribution in [-0.4, -0.2) is 154 Å². The average molecular weight is 1070 g/mol. The molecule has 2 saturated carbocycles. The number of aromatic nitrogens is 8. The van der Waals surface area contributed by atoms with Crippen molar-refractivity contribution in [1.82, 2.24) is 59.1 Å². The van der Waals surface area contributed by atoms with E-state index in [9.17, 15) is 18.4 Å². The second-order valence-electron chi connectivity index (χ2n) is 18.2. The van der Waals surface area contributed by atoms with Gasteiger partial charge in [-0.05, 0) is 117 Å². The molecule has 0 radical (unpaired) electrons. The first kappa shape index (κ1) is 50.4. The predicted molar refractivity (Wildman–Crippen MR) is 273 cm³/mol. The fourth-order valence-electron chi connectivity index (χ4n) is 8.99. The topological polar surface area (TPSA) is 227 Å². The van der Waals surface area contributed by atoms with Gasteiger partial charge < -0.3 is 31.3 Å². The lowest BCUT2D eigenvalue weighted by Crippen LogP contribution is -2.37. The second-order valence-corrected chi connectivity index (χ2v) is 19.2. The second kappa shape index (κ2) is 22.9. The summed E-state index contributed by atoms with van der Waals surface area (Å²) in [4.78, 5) is 50.6. The van der Waals surface area contributed by atoms with Gasteiger partial charge in [0.1, 0.15) is 45.3 Å². The summed E-state index contributed by atoms with van der Waals surface area (Å²) in [5.41, 5.74) is 15.2. The normalized spacial score (nSPS) is 18.4. The first-order valence-corrected chi connectivity index (χ1v) is 24.6. The van der Waals surface area contributed by atoms with Crippen LogP contribution in [-0.2, 0) is 9.59 Å². The first-order valence-electron chi connectivity index (χ1n) is 23.6. The van der Waals surface area contributed by atoms with Crippen LogP contribution in [0.15, 0.2) is 85.5 Å². The van der Waals surface area contributed by atoms with E-state index in [-0.39, 0.29) is 35.5 Å². The van der Waals surface area contributed by atoms with E-state index in [1.165, 1.54) is 87.6 Å². The van der Waals surface area contributed by atoms with E-state index in [1.54, 1.807) is 24.3 Å².